The van der Waals surface area contributed by atoms with Gasteiger partial charge in [0, 0.05) is 19.1 Å². The van der Waals surface area contributed by atoms with E-state index in [4.69, 9.17) is 5.73 Å². The number of halogens is 4. The minimum Gasteiger partial charge on any atom is -0.351 e. The summed E-state index contributed by atoms with van der Waals surface area (Å²) >= 11 is 0. The van der Waals surface area contributed by atoms with Crippen molar-refractivity contribution in [2.75, 3.05) is 13.1 Å². The van der Waals surface area contributed by atoms with Crippen LogP contribution < -0.4 is 11.1 Å². The Morgan fingerprint density at radius 1 is 1.26 bits per heavy atom. The molecule has 0 unspecified atom stereocenters. The Morgan fingerprint density at radius 2 is 1.87 bits per heavy atom. The second kappa shape index (κ2) is 6.43. The average Bonchev–Trinajstić information content (AvgIpc) is 2.94. The lowest BCUT2D eigenvalue weighted by atomic mass is 10.1. The molecule has 126 valence electrons. The van der Waals surface area contributed by atoms with Crippen LogP contribution in [-0.4, -0.2) is 36.0 Å². The number of nitrogens with one attached hydrogen (secondary N) is 1. The van der Waals surface area contributed by atoms with Gasteiger partial charge in [-0.3, -0.25) is 4.79 Å². The van der Waals surface area contributed by atoms with Gasteiger partial charge in [0.2, 0.25) is 6.17 Å². The smallest absolute Gasteiger partial charge is 0.351 e. The Labute approximate surface area is 129 Å². The van der Waals surface area contributed by atoms with Crippen molar-refractivity contribution < 1.29 is 27.2 Å². The molecule has 1 aliphatic heterocycles. The summed E-state index contributed by atoms with van der Waals surface area (Å²) in [6.07, 6.45) is -6.16. The number of primary amides is 1. The van der Waals surface area contributed by atoms with Crippen molar-refractivity contribution in [3.8, 4) is 0 Å². The third kappa shape index (κ3) is 4.11. The maximum atomic E-state index is 14.1. The standard InChI is InChI=1S/C14H15F4N3O2/c15-11(8-1-3-9(4-2-8)14(16,17)18)12(22)20-10-5-6-21(7-10)13(19)23/h1-4,10-11H,5-7H2,(H2,19,23)(H,20,22)/t10-,11+/m1/s1. The fourth-order valence-corrected chi connectivity index (χ4v) is 2.35. The molecule has 2 atom stereocenters. The van der Waals surface area contributed by atoms with E-state index in [2.05, 4.69) is 5.32 Å². The van der Waals surface area contributed by atoms with Crippen LogP contribution in [0.2, 0.25) is 0 Å². The Morgan fingerprint density at radius 3 is 2.35 bits per heavy atom. The zero-order valence-electron chi connectivity index (χ0n) is 11.9. The van der Waals surface area contributed by atoms with E-state index in [1.165, 1.54) is 4.90 Å². The second-order valence-corrected chi connectivity index (χ2v) is 5.26. The summed E-state index contributed by atoms with van der Waals surface area (Å²) in [7, 11) is 0. The van der Waals surface area contributed by atoms with Crippen LogP contribution in [0.5, 0.6) is 0 Å². The molecule has 5 nitrogen and oxygen atoms in total. The third-order valence-electron chi connectivity index (χ3n) is 3.61. The van der Waals surface area contributed by atoms with Gasteiger partial charge in [0.25, 0.3) is 5.91 Å². The molecule has 1 aromatic carbocycles. The summed E-state index contributed by atoms with van der Waals surface area (Å²) in [5, 5.41) is 2.42. The number of alkyl halides is 4. The minimum absolute atomic E-state index is 0.166. The number of hydrogen-bond donors (Lipinski definition) is 2. The van der Waals surface area contributed by atoms with Crippen molar-refractivity contribution in [3.05, 3.63) is 35.4 Å². The van der Waals surface area contributed by atoms with Crippen molar-refractivity contribution in [2.45, 2.75) is 24.8 Å². The molecule has 2 rings (SSSR count). The number of nitrogens with zero attached hydrogens (tertiary/aromatic N) is 1. The van der Waals surface area contributed by atoms with E-state index < -0.39 is 35.9 Å². The predicted octanol–water partition coefficient (Wildman–Crippen LogP) is 1.99. The van der Waals surface area contributed by atoms with Crippen LogP contribution >= 0.6 is 0 Å². The van der Waals surface area contributed by atoms with Gasteiger partial charge in [-0.2, -0.15) is 13.2 Å². The van der Waals surface area contributed by atoms with E-state index in [9.17, 15) is 27.2 Å². The number of hydrogen-bond acceptors (Lipinski definition) is 2. The number of amides is 3. The lowest BCUT2D eigenvalue weighted by Gasteiger charge is -2.16. The van der Waals surface area contributed by atoms with E-state index in [0.717, 1.165) is 24.3 Å². The average molecular weight is 333 g/mol. The highest BCUT2D eigenvalue weighted by atomic mass is 19.4. The van der Waals surface area contributed by atoms with E-state index in [1.54, 1.807) is 0 Å². The number of urea groups is 1. The van der Waals surface area contributed by atoms with Crippen LogP contribution in [-0.2, 0) is 11.0 Å². The first kappa shape index (κ1) is 17.0. The zero-order chi connectivity index (χ0) is 17.2. The van der Waals surface area contributed by atoms with E-state index in [-0.39, 0.29) is 12.1 Å². The number of benzene rings is 1. The quantitative estimate of drug-likeness (QED) is 0.830. The number of carbonyl (C=O) groups excluding carboxylic acids is 2. The van der Waals surface area contributed by atoms with E-state index >= 15 is 0 Å². The molecule has 3 amide bonds. The van der Waals surface area contributed by atoms with Gasteiger partial charge in [0.1, 0.15) is 0 Å². The van der Waals surface area contributed by atoms with Gasteiger partial charge in [0.15, 0.2) is 0 Å². The van der Waals surface area contributed by atoms with Crippen LogP contribution in [0.3, 0.4) is 0 Å². The molecule has 23 heavy (non-hydrogen) atoms. The molecular formula is C14H15F4N3O2. The molecule has 3 N–H and O–H groups in total. The number of carbonyl (C=O) groups is 2. The molecule has 1 aliphatic rings. The Balaban J connectivity index is 1.96. The van der Waals surface area contributed by atoms with E-state index in [1.807, 2.05) is 0 Å². The van der Waals surface area contributed by atoms with Crippen LogP contribution in [0.15, 0.2) is 24.3 Å². The summed E-state index contributed by atoms with van der Waals surface area (Å²) in [5.74, 6) is -0.957. The third-order valence-corrected chi connectivity index (χ3v) is 3.61. The Hall–Kier alpha value is -2.32. The summed E-state index contributed by atoms with van der Waals surface area (Å²) in [4.78, 5) is 24.1. The molecule has 0 aliphatic carbocycles. The van der Waals surface area contributed by atoms with Gasteiger partial charge >= 0.3 is 12.2 Å². The number of nitrogens with two attached hydrogens (primary N) is 1. The second-order valence-electron chi connectivity index (χ2n) is 5.26. The largest absolute Gasteiger partial charge is 0.416 e. The molecule has 9 heteroatoms. The SMILES string of the molecule is NC(=O)N1CC[C@@H](NC(=O)[C@@H](F)c2ccc(C(F)(F)F)cc2)C1. The van der Waals surface area contributed by atoms with Crippen LogP contribution in [0, 0.1) is 0 Å². The minimum atomic E-state index is -4.52. The fraction of sp³-hybridized carbons (Fsp3) is 0.429. The lowest BCUT2D eigenvalue weighted by molar-refractivity contribution is -0.137. The maximum absolute atomic E-state index is 14.1. The van der Waals surface area contributed by atoms with Gasteiger partial charge in [-0.05, 0) is 24.1 Å². The Kier molecular flexibility index (Phi) is 4.76. The van der Waals surface area contributed by atoms with Gasteiger partial charge in [0.05, 0.1) is 5.56 Å². The molecule has 1 fully saturated rings. The molecule has 0 bridgehead atoms. The molecule has 1 heterocycles. The first-order chi connectivity index (χ1) is 10.7. The highest BCUT2D eigenvalue weighted by molar-refractivity contribution is 5.82. The molecule has 0 aromatic heterocycles. The number of likely N-dealkylation sites (tertiary alicyclic amines) is 1. The van der Waals surface area contributed by atoms with Crippen LogP contribution in [0.4, 0.5) is 22.4 Å². The highest BCUT2D eigenvalue weighted by Gasteiger charge is 2.32. The van der Waals surface area contributed by atoms with Gasteiger partial charge < -0.3 is 16.0 Å². The molecular weight excluding hydrogens is 318 g/mol. The summed E-state index contributed by atoms with van der Waals surface area (Å²) in [6, 6.07) is 2.25. The van der Waals surface area contributed by atoms with Crippen molar-refractivity contribution in [3.63, 3.8) is 0 Å². The fourth-order valence-electron chi connectivity index (χ4n) is 2.35. The maximum Gasteiger partial charge on any atom is 0.416 e. The molecule has 0 spiro atoms. The first-order valence-corrected chi connectivity index (χ1v) is 6.84. The summed E-state index contributed by atoms with van der Waals surface area (Å²) in [5.41, 5.74) is 4.02. The van der Waals surface area contributed by atoms with Crippen molar-refractivity contribution in [2.24, 2.45) is 5.73 Å². The van der Waals surface area contributed by atoms with Gasteiger partial charge in [-0.1, -0.05) is 12.1 Å². The van der Waals surface area contributed by atoms with Gasteiger partial charge in [-0.25, -0.2) is 9.18 Å². The predicted molar refractivity (Wildman–Crippen MR) is 73.0 cm³/mol. The topological polar surface area (TPSA) is 75.4 Å². The lowest BCUT2D eigenvalue weighted by Crippen LogP contribution is -2.41. The first-order valence-electron chi connectivity index (χ1n) is 6.84. The van der Waals surface area contributed by atoms with Crippen molar-refractivity contribution >= 4 is 11.9 Å². The van der Waals surface area contributed by atoms with Crippen molar-refractivity contribution in [1.82, 2.24) is 10.2 Å². The summed E-state index contributed by atoms with van der Waals surface area (Å²) < 4.78 is 51.4. The summed E-state index contributed by atoms with van der Waals surface area (Å²) in [6.45, 7) is 0.540. The monoisotopic (exact) mass is 333 g/mol. The van der Waals surface area contributed by atoms with E-state index in [0.29, 0.717) is 13.0 Å². The molecule has 0 saturated carbocycles. The van der Waals surface area contributed by atoms with Crippen molar-refractivity contribution in [1.29, 1.82) is 0 Å². The Bertz CT molecular complexity index is 589. The highest BCUT2D eigenvalue weighted by Crippen LogP contribution is 2.30. The molecule has 1 saturated heterocycles. The zero-order valence-corrected chi connectivity index (χ0v) is 11.9. The van der Waals surface area contributed by atoms with Crippen LogP contribution in [0.1, 0.15) is 23.7 Å². The number of rotatable bonds is 3. The van der Waals surface area contributed by atoms with Gasteiger partial charge in [-0.15, -0.1) is 0 Å². The van der Waals surface area contributed by atoms with Crippen LogP contribution in [0.25, 0.3) is 0 Å². The molecule has 1 aromatic rings. The normalized spacial score (nSPS) is 19.5. The molecule has 0 radical (unpaired) electrons.